The first-order chi connectivity index (χ1) is 20.8. The van der Waals surface area contributed by atoms with Crippen LogP contribution in [0.3, 0.4) is 0 Å². The quantitative estimate of drug-likeness (QED) is 0.209. The van der Waals surface area contributed by atoms with Gasteiger partial charge in [0.15, 0.2) is 5.69 Å². The third kappa shape index (κ3) is 5.24. The van der Waals surface area contributed by atoms with Gasteiger partial charge in [0.2, 0.25) is 0 Å². The van der Waals surface area contributed by atoms with Crippen LogP contribution in [0, 0.1) is 17.3 Å². The molecule has 4 aliphatic carbocycles. The van der Waals surface area contributed by atoms with Crippen molar-refractivity contribution in [2.45, 2.75) is 69.5 Å². The van der Waals surface area contributed by atoms with E-state index in [4.69, 9.17) is 37.2 Å². The first-order valence-corrected chi connectivity index (χ1v) is 15.2. The normalized spacial score (nSPS) is 22.8. The zero-order valence-electron chi connectivity index (χ0n) is 23.6. The minimum atomic E-state index is -1.09. The Morgan fingerprint density at radius 2 is 1.81 bits per heavy atom. The van der Waals surface area contributed by atoms with E-state index in [1.807, 2.05) is 12.1 Å². The molecule has 220 valence electrons. The summed E-state index contributed by atoms with van der Waals surface area (Å²) < 4.78 is 18.0. The lowest BCUT2D eigenvalue weighted by Crippen LogP contribution is -2.47. The standard InChI is InChI=1S/C33H29Cl2N3O5/c1-41-27-15-26(31(39)40)37-25-5-2-19(14-21(25)27)6-7-32-8-11-33(12-9-32,13-10-32)42-18-22-29(38-43-30(22)20-3-4-20)28-23(34)16-36-17-24(28)35/h2,5,14-17,20H,3-4,8-13,18H2,1H3,(H,39,40). The average molecular weight is 619 g/mol. The van der Waals surface area contributed by atoms with Crippen LogP contribution in [0.4, 0.5) is 0 Å². The van der Waals surface area contributed by atoms with Crippen LogP contribution in [0.15, 0.2) is 41.2 Å². The van der Waals surface area contributed by atoms with Gasteiger partial charge in [-0.3, -0.25) is 4.98 Å². The molecule has 2 bridgehead atoms. The van der Waals surface area contributed by atoms with Gasteiger partial charge in [-0.05, 0) is 69.6 Å². The summed E-state index contributed by atoms with van der Waals surface area (Å²) in [5.41, 5.74) is 3.33. The van der Waals surface area contributed by atoms with Crippen molar-refractivity contribution in [3.63, 3.8) is 0 Å². The molecular formula is C33H29Cl2N3O5. The average Bonchev–Trinajstić information content (AvgIpc) is 3.79. The smallest absolute Gasteiger partial charge is 0.354 e. The second-order valence-corrected chi connectivity index (χ2v) is 12.7. The lowest BCUT2D eigenvalue weighted by atomic mass is 9.59. The zero-order chi connectivity index (χ0) is 29.8. The van der Waals surface area contributed by atoms with Crippen molar-refractivity contribution in [2.75, 3.05) is 7.11 Å². The number of aromatic carboxylic acids is 1. The maximum absolute atomic E-state index is 11.4. The first kappa shape index (κ1) is 28.1. The molecule has 8 nitrogen and oxygen atoms in total. The number of hydrogen-bond acceptors (Lipinski definition) is 7. The molecule has 8 rings (SSSR count). The van der Waals surface area contributed by atoms with Crippen molar-refractivity contribution >= 4 is 40.1 Å². The van der Waals surface area contributed by atoms with E-state index in [2.05, 4.69) is 27.0 Å². The topological polar surface area (TPSA) is 108 Å². The number of rotatable bonds is 7. The van der Waals surface area contributed by atoms with Crippen molar-refractivity contribution in [1.82, 2.24) is 15.1 Å². The van der Waals surface area contributed by atoms with Crippen LogP contribution in [0.1, 0.15) is 84.7 Å². The van der Waals surface area contributed by atoms with Crippen LogP contribution in [0.25, 0.3) is 22.2 Å². The fourth-order valence-electron chi connectivity index (χ4n) is 6.50. The molecule has 4 aliphatic rings. The summed E-state index contributed by atoms with van der Waals surface area (Å²) in [6, 6.07) is 7.05. The third-order valence-electron chi connectivity index (χ3n) is 9.24. The summed E-state index contributed by atoms with van der Waals surface area (Å²) in [5.74, 6) is 7.63. The van der Waals surface area contributed by atoms with Crippen LogP contribution in [0.2, 0.25) is 10.0 Å². The fourth-order valence-corrected chi connectivity index (χ4v) is 7.04. The Bertz CT molecular complexity index is 1780. The number of methoxy groups -OCH3 is 1. The van der Waals surface area contributed by atoms with E-state index in [-0.39, 0.29) is 16.7 Å². The van der Waals surface area contributed by atoms with Crippen LogP contribution < -0.4 is 4.74 Å². The van der Waals surface area contributed by atoms with Gasteiger partial charge in [0, 0.05) is 51.9 Å². The number of carboxylic acids is 1. The van der Waals surface area contributed by atoms with E-state index in [9.17, 15) is 9.90 Å². The number of fused-ring (bicyclic) bond motifs is 4. The Balaban J connectivity index is 1.08. The molecule has 1 N–H and O–H groups in total. The number of pyridine rings is 2. The highest BCUT2D eigenvalue weighted by molar-refractivity contribution is 6.38. The molecule has 0 aliphatic heterocycles. The van der Waals surface area contributed by atoms with Gasteiger partial charge < -0.3 is 19.1 Å². The minimum absolute atomic E-state index is 0.0464. The van der Waals surface area contributed by atoms with E-state index in [0.717, 1.165) is 73.6 Å². The van der Waals surface area contributed by atoms with E-state index in [1.165, 1.54) is 13.2 Å². The Morgan fingerprint density at radius 1 is 1.09 bits per heavy atom. The molecule has 0 atom stereocenters. The van der Waals surface area contributed by atoms with E-state index < -0.39 is 5.97 Å². The third-order valence-corrected chi connectivity index (χ3v) is 9.81. The highest BCUT2D eigenvalue weighted by Gasteiger charge is 2.49. The van der Waals surface area contributed by atoms with Crippen molar-refractivity contribution in [3.05, 3.63) is 69.3 Å². The Kier molecular flexibility index (Phi) is 7.08. The van der Waals surface area contributed by atoms with Crippen molar-refractivity contribution < 1.29 is 23.9 Å². The van der Waals surface area contributed by atoms with E-state index in [1.54, 1.807) is 18.5 Å². The first-order valence-electron chi connectivity index (χ1n) is 14.5. The van der Waals surface area contributed by atoms with Gasteiger partial charge >= 0.3 is 5.97 Å². The summed E-state index contributed by atoms with van der Waals surface area (Å²) in [5, 5.41) is 15.4. The molecule has 3 aromatic heterocycles. The number of ether oxygens (including phenoxy) is 2. The predicted molar refractivity (Wildman–Crippen MR) is 162 cm³/mol. The molecule has 3 heterocycles. The molecule has 4 fully saturated rings. The van der Waals surface area contributed by atoms with Crippen LogP contribution in [0.5, 0.6) is 5.75 Å². The second-order valence-electron chi connectivity index (χ2n) is 11.9. The highest BCUT2D eigenvalue weighted by atomic mass is 35.5. The Morgan fingerprint density at radius 3 is 2.47 bits per heavy atom. The summed E-state index contributed by atoms with van der Waals surface area (Å²) in [6.45, 7) is 0.398. The summed E-state index contributed by atoms with van der Waals surface area (Å²) in [7, 11) is 1.52. The molecule has 4 saturated carbocycles. The highest BCUT2D eigenvalue weighted by Crippen LogP contribution is 2.54. The monoisotopic (exact) mass is 617 g/mol. The summed E-state index contributed by atoms with van der Waals surface area (Å²) >= 11 is 13.0. The van der Waals surface area contributed by atoms with Gasteiger partial charge in [-0.25, -0.2) is 9.78 Å². The number of aromatic nitrogens is 3. The SMILES string of the molecule is COc1cc(C(=O)O)nc2ccc(C#CC34CCC(OCc5c(-c6c(Cl)cncc6Cl)noc5C5CC5)(CC3)CC4)cc12. The summed E-state index contributed by atoms with van der Waals surface area (Å²) in [6.07, 6.45) is 11.0. The second kappa shape index (κ2) is 10.8. The minimum Gasteiger partial charge on any atom is -0.496 e. The van der Waals surface area contributed by atoms with Gasteiger partial charge in [-0.15, -0.1) is 0 Å². The Labute approximate surface area is 258 Å². The van der Waals surface area contributed by atoms with E-state index in [0.29, 0.717) is 45.1 Å². The number of nitrogens with zero attached hydrogens (tertiary/aromatic N) is 3. The number of benzene rings is 1. The van der Waals surface area contributed by atoms with Gasteiger partial charge in [0.05, 0.1) is 34.9 Å². The maximum atomic E-state index is 11.4. The number of hydrogen-bond donors (Lipinski definition) is 1. The van der Waals surface area contributed by atoms with E-state index >= 15 is 0 Å². The Hall–Kier alpha value is -3.64. The zero-order valence-corrected chi connectivity index (χ0v) is 25.1. The van der Waals surface area contributed by atoms with Crippen LogP contribution in [-0.4, -0.2) is 38.9 Å². The molecule has 0 saturated heterocycles. The number of carbonyl (C=O) groups is 1. The molecule has 0 unspecified atom stereocenters. The lowest BCUT2D eigenvalue weighted by Gasteiger charge is -2.51. The lowest BCUT2D eigenvalue weighted by molar-refractivity contribution is -0.131. The van der Waals surface area contributed by atoms with Gasteiger partial charge in [0.25, 0.3) is 0 Å². The van der Waals surface area contributed by atoms with Crippen molar-refractivity contribution in [1.29, 1.82) is 0 Å². The largest absolute Gasteiger partial charge is 0.496 e. The van der Waals surface area contributed by atoms with Gasteiger partial charge in [0.1, 0.15) is 17.2 Å². The number of halogens is 2. The molecule has 4 aromatic rings. The maximum Gasteiger partial charge on any atom is 0.354 e. The molecule has 0 radical (unpaired) electrons. The molecule has 10 heteroatoms. The van der Waals surface area contributed by atoms with Gasteiger partial charge in [-0.2, -0.15) is 0 Å². The predicted octanol–water partition coefficient (Wildman–Crippen LogP) is 7.84. The van der Waals surface area contributed by atoms with Crippen molar-refractivity contribution in [2.24, 2.45) is 5.41 Å². The molecule has 1 aromatic carbocycles. The molecule has 0 amide bonds. The number of carboxylic acid groups (broad SMARTS) is 1. The summed E-state index contributed by atoms with van der Waals surface area (Å²) in [4.78, 5) is 19.7. The molecule has 43 heavy (non-hydrogen) atoms. The molecule has 0 spiro atoms. The van der Waals surface area contributed by atoms with Crippen LogP contribution in [-0.2, 0) is 11.3 Å². The fraction of sp³-hybridized carbons (Fsp3) is 0.394. The molecular weight excluding hydrogens is 589 g/mol. The van der Waals surface area contributed by atoms with Crippen molar-refractivity contribution in [3.8, 4) is 28.8 Å². The van der Waals surface area contributed by atoms with Gasteiger partial charge in [-0.1, -0.05) is 40.2 Å². The van der Waals surface area contributed by atoms with Crippen LogP contribution >= 0.6 is 23.2 Å².